The Morgan fingerprint density at radius 3 is 2.50 bits per heavy atom. The van der Waals surface area contributed by atoms with Gasteiger partial charge < -0.3 is 11.1 Å². The molecule has 3 rings (SSSR count). The van der Waals surface area contributed by atoms with Crippen molar-refractivity contribution in [1.82, 2.24) is 0 Å². The molecule has 3 nitrogen and oxygen atoms in total. The molecule has 2 aliphatic rings. The number of carbonyl (C=O) groups is 1. The Balaban J connectivity index is 0.00000176. The van der Waals surface area contributed by atoms with Crippen LogP contribution in [0.1, 0.15) is 37.7 Å². The summed E-state index contributed by atoms with van der Waals surface area (Å²) in [6, 6.07) is 4.74. The Labute approximate surface area is 137 Å². The van der Waals surface area contributed by atoms with E-state index in [1.54, 1.807) is 6.07 Å². The van der Waals surface area contributed by atoms with Crippen LogP contribution in [0.3, 0.4) is 0 Å². The van der Waals surface area contributed by atoms with Crippen LogP contribution in [0.5, 0.6) is 0 Å². The first-order valence-corrected chi connectivity index (χ1v) is 7.87. The average Bonchev–Trinajstić information content (AvgIpc) is 2.41. The van der Waals surface area contributed by atoms with Crippen molar-refractivity contribution in [3.8, 4) is 0 Å². The summed E-state index contributed by atoms with van der Waals surface area (Å²) in [6.07, 6.45) is 5.33. The highest BCUT2D eigenvalue weighted by Crippen LogP contribution is 2.42. The standard InChI is InChI=1S/C17H23FN2O.ClH/c1-10-7-14(18)5-6-15(10)20-17(21)13-8-11-3-2-4-12(9-13)16(11)19;/h5-7,11-13,16H,2-4,8-9,19H2,1H3,(H,20,21);1H. The maximum atomic E-state index is 13.1. The maximum Gasteiger partial charge on any atom is 0.227 e. The van der Waals surface area contributed by atoms with Gasteiger partial charge in [0.25, 0.3) is 0 Å². The van der Waals surface area contributed by atoms with Gasteiger partial charge in [-0.15, -0.1) is 12.4 Å². The number of hydrogen-bond acceptors (Lipinski definition) is 2. The number of halogens is 2. The van der Waals surface area contributed by atoms with Gasteiger partial charge in [-0.05, 0) is 68.2 Å². The number of aryl methyl sites for hydroxylation is 1. The molecule has 2 unspecified atom stereocenters. The minimum absolute atomic E-state index is 0. The molecule has 0 heterocycles. The molecule has 22 heavy (non-hydrogen) atoms. The molecule has 3 N–H and O–H groups in total. The zero-order valence-electron chi connectivity index (χ0n) is 12.8. The van der Waals surface area contributed by atoms with Crippen LogP contribution >= 0.6 is 12.4 Å². The molecule has 2 atom stereocenters. The van der Waals surface area contributed by atoms with Crippen molar-refractivity contribution in [3.05, 3.63) is 29.6 Å². The van der Waals surface area contributed by atoms with E-state index in [4.69, 9.17) is 5.73 Å². The Morgan fingerprint density at radius 2 is 1.91 bits per heavy atom. The lowest BCUT2D eigenvalue weighted by molar-refractivity contribution is -0.122. The Morgan fingerprint density at radius 1 is 1.27 bits per heavy atom. The van der Waals surface area contributed by atoms with E-state index in [0.717, 1.165) is 31.2 Å². The predicted molar refractivity (Wildman–Crippen MR) is 88.5 cm³/mol. The van der Waals surface area contributed by atoms with Crippen LogP contribution in [-0.4, -0.2) is 11.9 Å². The lowest BCUT2D eigenvalue weighted by Crippen LogP contribution is -2.48. The van der Waals surface area contributed by atoms with Gasteiger partial charge in [0.15, 0.2) is 0 Å². The largest absolute Gasteiger partial charge is 0.327 e. The summed E-state index contributed by atoms with van der Waals surface area (Å²) < 4.78 is 13.1. The van der Waals surface area contributed by atoms with Gasteiger partial charge in [0.05, 0.1) is 0 Å². The van der Waals surface area contributed by atoms with Gasteiger partial charge in [0.1, 0.15) is 5.82 Å². The van der Waals surface area contributed by atoms with E-state index in [0.29, 0.717) is 17.5 Å². The zero-order valence-corrected chi connectivity index (χ0v) is 13.7. The first-order valence-electron chi connectivity index (χ1n) is 7.87. The van der Waals surface area contributed by atoms with Crippen molar-refractivity contribution in [1.29, 1.82) is 0 Å². The third-order valence-electron chi connectivity index (χ3n) is 5.23. The topological polar surface area (TPSA) is 55.1 Å². The van der Waals surface area contributed by atoms with Crippen molar-refractivity contribution >= 4 is 24.0 Å². The predicted octanol–water partition coefficient (Wildman–Crippen LogP) is 3.65. The Bertz CT molecular complexity index is 537. The third-order valence-corrected chi connectivity index (χ3v) is 5.23. The van der Waals surface area contributed by atoms with Gasteiger partial charge >= 0.3 is 0 Å². The summed E-state index contributed by atoms with van der Waals surface area (Å²) in [6.45, 7) is 1.81. The molecule has 1 aromatic rings. The maximum absolute atomic E-state index is 13.1. The molecule has 0 spiro atoms. The fraction of sp³-hybridized carbons (Fsp3) is 0.588. The summed E-state index contributed by atoms with van der Waals surface area (Å²) in [5.74, 6) is 0.812. The summed E-state index contributed by atoms with van der Waals surface area (Å²) in [5, 5.41) is 2.96. The van der Waals surface area contributed by atoms with Gasteiger partial charge in [-0.1, -0.05) is 6.42 Å². The summed E-state index contributed by atoms with van der Waals surface area (Å²) in [5.41, 5.74) is 7.74. The summed E-state index contributed by atoms with van der Waals surface area (Å²) in [7, 11) is 0. The van der Waals surface area contributed by atoms with Crippen molar-refractivity contribution in [2.45, 2.75) is 45.1 Å². The zero-order chi connectivity index (χ0) is 15.0. The van der Waals surface area contributed by atoms with E-state index >= 15 is 0 Å². The second-order valence-electron chi connectivity index (χ2n) is 6.65. The lowest BCUT2D eigenvalue weighted by atomic mass is 9.65. The van der Waals surface area contributed by atoms with Gasteiger partial charge in [-0.3, -0.25) is 4.79 Å². The quantitative estimate of drug-likeness (QED) is 0.871. The van der Waals surface area contributed by atoms with Gasteiger partial charge in [-0.25, -0.2) is 4.39 Å². The third kappa shape index (κ3) is 3.44. The summed E-state index contributed by atoms with van der Waals surface area (Å²) >= 11 is 0. The number of anilines is 1. The highest BCUT2D eigenvalue weighted by atomic mass is 35.5. The molecule has 1 amide bonds. The van der Waals surface area contributed by atoms with E-state index in [1.165, 1.54) is 18.6 Å². The molecule has 2 fully saturated rings. The van der Waals surface area contributed by atoms with E-state index in [1.807, 2.05) is 6.92 Å². The molecular formula is C17H24ClFN2O. The number of fused-ring (bicyclic) bond motifs is 2. The smallest absolute Gasteiger partial charge is 0.227 e. The van der Waals surface area contributed by atoms with Crippen LogP contribution in [0, 0.1) is 30.5 Å². The van der Waals surface area contributed by atoms with Crippen molar-refractivity contribution in [3.63, 3.8) is 0 Å². The van der Waals surface area contributed by atoms with E-state index in [-0.39, 0.29) is 36.1 Å². The van der Waals surface area contributed by atoms with E-state index in [2.05, 4.69) is 5.32 Å². The van der Waals surface area contributed by atoms with Crippen LogP contribution in [0.2, 0.25) is 0 Å². The second kappa shape index (κ2) is 6.97. The molecular weight excluding hydrogens is 303 g/mol. The summed E-state index contributed by atoms with van der Waals surface area (Å²) in [4.78, 5) is 12.5. The number of carbonyl (C=O) groups excluding carboxylic acids is 1. The van der Waals surface area contributed by atoms with Crippen molar-refractivity contribution < 1.29 is 9.18 Å². The number of hydrogen-bond donors (Lipinski definition) is 2. The van der Waals surface area contributed by atoms with Crippen LogP contribution in [0.25, 0.3) is 0 Å². The van der Waals surface area contributed by atoms with E-state index < -0.39 is 0 Å². The monoisotopic (exact) mass is 326 g/mol. The van der Waals surface area contributed by atoms with Gasteiger partial charge in [0, 0.05) is 17.6 Å². The van der Waals surface area contributed by atoms with Crippen LogP contribution in [0.15, 0.2) is 18.2 Å². The van der Waals surface area contributed by atoms with Crippen LogP contribution < -0.4 is 11.1 Å². The first-order chi connectivity index (χ1) is 10.0. The fourth-order valence-corrected chi connectivity index (χ4v) is 4.01. The SMILES string of the molecule is Cc1cc(F)ccc1NC(=O)C1CC2CCCC(C1)C2N.Cl. The van der Waals surface area contributed by atoms with Gasteiger partial charge in [0.2, 0.25) is 5.91 Å². The van der Waals surface area contributed by atoms with Crippen LogP contribution in [0.4, 0.5) is 10.1 Å². The molecule has 1 aromatic carbocycles. The molecule has 0 radical (unpaired) electrons. The highest BCUT2D eigenvalue weighted by Gasteiger charge is 2.40. The lowest BCUT2D eigenvalue weighted by Gasteiger charge is -2.43. The highest BCUT2D eigenvalue weighted by molar-refractivity contribution is 5.93. The molecule has 0 aliphatic heterocycles. The van der Waals surface area contributed by atoms with Crippen LogP contribution in [-0.2, 0) is 4.79 Å². The average molecular weight is 327 g/mol. The van der Waals surface area contributed by atoms with E-state index in [9.17, 15) is 9.18 Å². The first kappa shape index (κ1) is 17.2. The number of benzene rings is 1. The number of rotatable bonds is 2. The van der Waals surface area contributed by atoms with Gasteiger partial charge in [-0.2, -0.15) is 0 Å². The number of amides is 1. The molecule has 122 valence electrons. The second-order valence-corrected chi connectivity index (χ2v) is 6.65. The van der Waals surface area contributed by atoms with Crippen molar-refractivity contribution in [2.75, 3.05) is 5.32 Å². The van der Waals surface area contributed by atoms with Crippen molar-refractivity contribution in [2.24, 2.45) is 23.5 Å². The Kier molecular flexibility index (Phi) is 5.45. The minimum Gasteiger partial charge on any atom is -0.327 e. The number of nitrogens with two attached hydrogens (primary N) is 1. The minimum atomic E-state index is -0.274. The fourth-order valence-electron chi connectivity index (χ4n) is 4.01. The molecule has 0 aromatic heterocycles. The molecule has 0 saturated heterocycles. The normalized spacial score (nSPS) is 30.3. The molecule has 2 saturated carbocycles. The molecule has 5 heteroatoms. The molecule has 2 aliphatic carbocycles. The Hall–Kier alpha value is -1.13. The molecule has 2 bridgehead atoms. The number of nitrogens with one attached hydrogen (secondary N) is 1.